The van der Waals surface area contributed by atoms with Gasteiger partial charge in [0, 0.05) is 26.1 Å². The van der Waals surface area contributed by atoms with E-state index in [2.05, 4.69) is 23.7 Å². The second-order valence-corrected chi connectivity index (χ2v) is 7.76. The molecule has 0 saturated carbocycles. The number of aliphatic hydroxyl groups is 1. The van der Waals surface area contributed by atoms with Crippen molar-refractivity contribution < 1.29 is 19.8 Å². The molecule has 31 heavy (non-hydrogen) atoms. The van der Waals surface area contributed by atoms with E-state index in [0.29, 0.717) is 19.5 Å². The van der Waals surface area contributed by atoms with Gasteiger partial charge in [0.15, 0.2) is 0 Å². The molecule has 2 amide bonds. The summed E-state index contributed by atoms with van der Waals surface area (Å²) in [5.74, 6) is -0.653. The van der Waals surface area contributed by atoms with Crippen LogP contribution >= 0.6 is 0 Å². The van der Waals surface area contributed by atoms with Gasteiger partial charge in [-0.25, -0.2) is 4.79 Å². The second kappa shape index (κ2) is 33.3. The second-order valence-electron chi connectivity index (χ2n) is 7.76. The topological polar surface area (TPSA) is 165 Å². The molecule has 0 unspecified atom stereocenters. The lowest BCUT2D eigenvalue weighted by Crippen LogP contribution is -2.24. The molecule has 0 aromatic rings. The summed E-state index contributed by atoms with van der Waals surface area (Å²) in [4.78, 5) is 19.3. The third kappa shape index (κ3) is 52.7. The average molecular weight is 449 g/mol. The summed E-state index contributed by atoms with van der Waals surface area (Å²) >= 11 is 0. The lowest BCUT2D eigenvalue weighted by Gasteiger charge is -2.03. The molecule has 0 aromatic carbocycles. The number of carboxylic acids is 1. The molecule has 0 bridgehead atoms. The van der Waals surface area contributed by atoms with Crippen LogP contribution in [0.3, 0.4) is 0 Å². The van der Waals surface area contributed by atoms with Crippen LogP contribution in [0.4, 0.5) is 4.79 Å². The van der Waals surface area contributed by atoms with Gasteiger partial charge in [-0.3, -0.25) is 4.79 Å². The first-order valence-corrected chi connectivity index (χ1v) is 12.2. The molecule has 0 aliphatic heterocycles. The summed E-state index contributed by atoms with van der Waals surface area (Å²) in [6.45, 7) is 4.55. The van der Waals surface area contributed by atoms with Crippen molar-refractivity contribution in [3.8, 4) is 0 Å². The third-order valence-electron chi connectivity index (χ3n) is 4.60. The van der Waals surface area contributed by atoms with Gasteiger partial charge >= 0.3 is 12.0 Å². The fourth-order valence-electron chi connectivity index (χ4n) is 2.95. The largest absolute Gasteiger partial charge is 0.481 e. The first-order chi connectivity index (χ1) is 14.9. The van der Waals surface area contributed by atoms with Crippen molar-refractivity contribution in [1.29, 1.82) is 0 Å². The Balaban J connectivity index is -0.000000585. The Labute approximate surface area is 190 Å². The number of urea groups is 1. The highest BCUT2D eigenvalue weighted by Crippen LogP contribution is 2.13. The van der Waals surface area contributed by atoms with Crippen molar-refractivity contribution in [3.05, 3.63) is 0 Å². The van der Waals surface area contributed by atoms with Crippen LogP contribution in [0.15, 0.2) is 0 Å². The van der Waals surface area contributed by atoms with Gasteiger partial charge in [0.1, 0.15) is 0 Å². The Morgan fingerprint density at radius 1 is 0.710 bits per heavy atom. The molecule has 0 aromatic heterocycles. The predicted octanol–water partition coefficient (Wildman–Crippen LogP) is 3.88. The highest BCUT2D eigenvalue weighted by molar-refractivity contribution is 5.69. The number of aliphatic carboxylic acids is 1. The van der Waals surface area contributed by atoms with Crippen LogP contribution in [0.5, 0.6) is 0 Å². The zero-order valence-corrected chi connectivity index (χ0v) is 20.1. The van der Waals surface area contributed by atoms with Gasteiger partial charge < -0.3 is 32.7 Å². The number of carboxylic acid groups (broad SMARTS) is 1. The minimum atomic E-state index is -0.833. The van der Waals surface area contributed by atoms with Crippen LogP contribution in [-0.4, -0.2) is 48.5 Å². The molecule has 0 rings (SSSR count). The van der Waals surface area contributed by atoms with Crippen molar-refractivity contribution in [2.24, 2.45) is 17.2 Å². The fourth-order valence-corrected chi connectivity index (χ4v) is 2.95. The van der Waals surface area contributed by atoms with Crippen molar-refractivity contribution in [3.63, 3.8) is 0 Å². The molecule has 0 fully saturated rings. The van der Waals surface area contributed by atoms with E-state index >= 15 is 0 Å². The van der Waals surface area contributed by atoms with Crippen LogP contribution in [0.25, 0.3) is 0 Å². The number of carbonyl (C=O) groups is 2. The summed E-state index contributed by atoms with van der Waals surface area (Å²) in [5.41, 5.74) is 13.6. The molecule has 188 valence electrons. The van der Waals surface area contributed by atoms with Gasteiger partial charge in [-0.2, -0.15) is 0 Å². The number of rotatable bonds is 20. The number of aliphatic hydroxyl groups excluding tert-OH is 1. The number of hydrogen-bond donors (Lipinski definition) is 6. The maximum atomic E-state index is 10.3. The first kappa shape index (κ1) is 34.2. The monoisotopic (exact) mass is 448 g/mol. The normalized spacial score (nSPS) is 9.90. The summed E-state index contributed by atoms with van der Waals surface area (Å²) in [7, 11) is 0. The summed E-state index contributed by atoms with van der Waals surface area (Å²) in [5, 5.41) is 19.6. The Hall–Kier alpha value is -1.38. The van der Waals surface area contributed by atoms with Crippen LogP contribution in [0, 0.1) is 0 Å². The van der Waals surface area contributed by atoms with Crippen LogP contribution in [0.1, 0.15) is 110 Å². The van der Waals surface area contributed by atoms with E-state index in [0.717, 1.165) is 19.4 Å². The number of nitrogens with one attached hydrogen (secondary N) is 1. The van der Waals surface area contributed by atoms with E-state index in [4.69, 9.17) is 20.7 Å². The number of primary amides is 2. The number of carbonyl (C=O) groups excluding carboxylic acids is 1. The minimum absolute atomic E-state index is 0.194. The Morgan fingerprint density at radius 2 is 1.06 bits per heavy atom. The maximum absolute atomic E-state index is 10.3. The molecule has 8 nitrogen and oxygen atoms in total. The van der Waals surface area contributed by atoms with Crippen molar-refractivity contribution >= 4 is 12.0 Å². The minimum Gasteiger partial charge on any atom is -0.481 e. The first-order valence-electron chi connectivity index (χ1n) is 12.2. The van der Waals surface area contributed by atoms with Crippen LogP contribution in [0.2, 0.25) is 0 Å². The highest BCUT2D eigenvalue weighted by atomic mass is 16.4. The van der Waals surface area contributed by atoms with E-state index in [-0.39, 0.29) is 6.61 Å². The maximum Gasteiger partial charge on any atom is 0.309 e. The van der Waals surface area contributed by atoms with Crippen LogP contribution < -0.4 is 22.5 Å². The zero-order chi connectivity index (χ0) is 24.0. The molecule has 0 saturated heterocycles. The average Bonchev–Trinajstić information content (AvgIpc) is 2.71. The summed E-state index contributed by atoms with van der Waals surface area (Å²) < 4.78 is 0. The van der Waals surface area contributed by atoms with Crippen molar-refractivity contribution in [1.82, 2.24) is 5.32 Å². The molecule has 0 aliphatic carbocycles. The van der Waals surface area contributed by atoms with Gasteiger partial charge in [-0.05, 0) is 6.42 Å². The number of unbranched alkanes of at least 4 members (excludes halogenated alkanes) is 14. The van der Waals surface area contributed by atoms with Crippen molar-refractivity contribution in [2.75, 3.05) is 26.2 Å². The quantitative estimate of drug-likeness (QED) is 0.155. The van der Waals surface area contributed by atoms with E-state index in [1.807, 2.05) is 0 Å². The molecule has 0 aliphatic rings. The predicted molar refractivity (Wildman–Crippen MR) is 130 cm³/mol. The number of hydrogen-bond acceptors (Lipinski definition) is 5. The summed E-state index contributed by atoms with van der Waals surface area (Å²) in [6, 6.07) is -0.833. The molecule has 9 N–H and O–H groups in total. The third-order valence-corrected chi connectivity index (χ3v) is 4.60. The van der Waals surface area contributed by atoms with Gasteiger partial charge in [0.2, 0.25) is 0 Å². The Bertz CT molecular complexity index is 350. The van der Waals surface area contributed by atoms with Gasteiger partial charge in [-0.15, -0.1) is 0 Å². The molecular weight excluding hydrogens is 396 g/mol. The lowest BCUT2D eigenvalue weighted by atomic mass is 10.0. The van der Waals surface area contributed by atoms with Crippen molar-refractivity contribution in [2.45, 2.75) is 110 Å². The van der Waals surface area contributed by atoms with E-state index < -0.39 is 12.0 Å². The van der Waals surface area contributed by atoms with E-state index in [1.165, 1.54) is 83.5 Å². The van der Waals surface area contributed by atoms with Gasteiger partial charge in [0.05, 0.1) is 6.61 Å². The Kier molecular flexibility index (Phi) is 36.7. The fraction of sp³-hybridized carbons (Fsp3) is 0.913. The number of amides is 2. The molecule has 0 spiro atoms. The lowest BCUT2D eigenvalue weighted by molar-refractivity contribution is -0.137. The van der Waals surface area contributed by atoms with Crippen LogP contribution in [-0.2, 0) is 4.79 Å². The number of nitrogens with two attached hydrogens (primary N) is 3. The Morgan fingerprint density at radius 3 is 1.35 bits per heavy atom. The van der Waals surface area contributed by atoms with E-state index in [9.17, 15) is 4.79 Å². The standard InChI is InChI=1S/C18H36O2.C4H12N2O.CH4N2O/c1-2-3-4-5-6-7-8-9-10-11-12-13-14-15-16-17-18(19)20;5-1-2-6-3-4-7;2-1(3)4/h2-17H2,1H3,(H,19,20);6-7H,1-5H2;(H4,2,3,4). The molecule has 0 atom stereocenters. The highest BCUT2D eigenvalue weighted by Gasteiger charge is 1.97. The zero-order valence-electron chi connectivity index (χ0n) is 20.1. The molecule has 0 radical (unpaired) electrons. The molecule has 8 heteroatoms. The summed E-state index contributed by atoms with van der Waals surface area (Å²) in [6.07, 6.45) is 20.2. The molecular formula is C23H52N4O4. The van der Waals surface area contributed by atoms with E-state index in [1.54, 1.807) is 0 Å². The SMILES string of the molecule is CCCCCCCCCCCCCCCCCC(=O)O.NC(N)=O.NCCNCCO. The van der Waals surface area contributed by atoms with Gasteiger partial charge in [0.25, 0.3) is 0 Å². The molecule has 0 heterocycles. The smallest absolute Gasteiger partial charge is 0.309 e. The van der Waals surface area contributed by atoms with Gasteiger partial charge in [-0.1, -0.05) is 96.8 Å².